The van der Waals surface area contributed by atoms with E-state index in [-0.39, 0.29) is 17.1 Å². The summed E-state index contributed by atoms with van der Waals surface area (Å²) in [6.07, 6.45) is 0. The normalized spacial score (nSPS) is 11.5. The molecule has 0 atom stereocenters. The van der Waals surface area contributed by atoms with Crippen LogP contribution in [0.2, 0.25) is 0 Å². The van der Waals surface area contributed by atoms with Gasteiger partial charge >= 0.3 is 0 Å². The monoisotopic (exact) mass is 356 g/mol. The molecular formula is C21H28N2O3. The molecule has 0 aliphatic carbocycles. The van der Waals surface area contributed by atoms with Gasteiger partial charge in [-0.2, -0.15) is 0 Å². The zero-order chi connectivity index (χ0) is 19.3. The summed E-state index contributed by atoms with van der Waals surface area (Å²) in [6.45, 7) is 7.49. The molecule has 1 amide bonds. The van der Waals surface area contributed by atoms with Crippen molar-refractivity contribution < 1.29 is 14.6 Å². The van der Waals surface area contributed by atoms with Gasteiger partial charge in [-0.25, -0.2) is 0 Å². The second-order valence-corrected chi connectivity index (χ2v) is 7.58. The van der Waals surface area contributed by atoms with Crippen molar-refractivity contribution in [3.8, 4) is 11.5 Å². The Morgan fingerprint density at radius 3 is 2.50 bits per heavy atom. The Morgan fingerprint density at radius 2 is 1.85 bits per heavy atom. The molecule has 0 unspecified atom stereocenters. The first kappa shape index (κ1) is 19.8. The Balaban J connectivity index is 2.20. The standard InChI is InChI=1S/C21H28N2O3/c1-21(2,3)15-10-11-18(24)17(14-15)22-20(25)16-8-6-7-9-19(16)26-13-12-23(4)5/h6-11,14,24H,12-13H2,1-5H3,(H,22,25). The largest absolute Gasteiger partial charge is 0.506 e. The summed E-state index contributed by atoms with van der Waals surface area (Å²) in [5.74, 6) is 0.252. The van der Waals surface area contributed by atoms with Crippen LogP contribution in [0.4, 0.5) is 5.69 Å². The molecule has 0 radical (unpaired) electrons. The summed E-state index contributed by atoms with van der Waals surface area (Å²) in [5, 5.41) is 12.9. The third-order valence-electron chi connectivity index (χ3n) is 4.04. The van der Waals surface area contributed by atoms with Gasteiger partial charge in [-0.3, -0.25) is 4.79 Å². The maximum atomic E-state index is 12.7. The Kier molecular flexibility index (Phi) is 6.27. The van der Waals surface area contributed by atoms with Gasteiger partial charge in [-0.05, 0) is 49.3 Å². The Labute approximate surface area is 155 Å². The van der Waals surface area contributed by atoms with Crippen LogP contribution in [0, 0.1) is 0 Å². The molecule has 5 heteroatoms. The molecule has 0 bridgehead atoms. The number of amides is 1. The molecule has 26 heavy (non-hydrogen) atoms. The lowest BCUT2D eigenvalue weighted by atomic mass is 9.87. The van der Waals surface area contributed by atoms with Gasteiger partial charge in [0.25, 0.3) is 5.91 Å². The second-order valence-electron chi connectivity index (χ2n) is 7.58. The van der Waals surface area contributed by atoms with E-state index in [9.17, 15) is 9.90 Å². The van der Waals surface area contributed by atoms with Crippen molar-refractivity contribution in [2.75, 3.05) is 32.6 Å². The predicted octanol–water partition coefficient (Wildman–Crippen LogP) is 3.88. The highest BCUT2D eigenvalue weighted by Crippen LogP contribution is 2.31. The number of hydrogen-bond donors (Lipinski definition) is 2. The van der Waals surface area contributed by atoms with Crippen LogP contribution >= 0.6 is 0 Å². The van der Waals surface area contributed by atoms with Crippen LogP contribution in [0.5, 0.6) is 11.5 Å². The molecule has 0 heterocycles. The van der Waals surface area contributed by atoms with Crippen molar-refractivity contribution in [1.82, 2.24) is 4.90 Å². The highest BCUT2D eigenvalue weighted by atomic mass is 16.5. The fraction of sp³-hybridized carbons (Fsp3) is 0.381. The number of ether oxygens (including phenoxy) is 1. The third kappa shape index (κ3) is 5.23. The number of anilines is 1. The number of likely N-dealkylation sites (N-methyl/N-ethyl adjacent to an activating group) is 1. The van der Waals surface area contributed by atoms with E-state index in [0.717, 1.165) is 12.1 Å². The maximum Gasteiger partial charge on any atom is 0.259 e. The van der Waals surface area contributed by atoms with Gasteiger partial charge in [0.2, 0.25) is 0 Å². The summed E-state index contributed by atoms with van der Waals surface area (Å²) < 4.78 is 5.75. The molecule has 2 aromatic rings. The highest BCUT2D eigenvalue weighted by molar-refractivity contribution is 6.06. The van der Waals surface area contributed by atoms with E-state index in [1.54, 1.807) is 24.3 Å². The van der Waals surface area contributed by atoms with Gasteiger partial charge in [0, 0.05) is 6.54 Å². The molecule has 0 saturated heterocycles. The van der Waals surface area contributed by atoms with Crippen molar-refractivity contribution in [3.05, 3.63) is 53.6 Å². The molecule has 0 spiro atoms. The zero-order valence-electron chi connectivity index (χ0n) is 16.2. The molecule has 140 valence electrons. The van der Waals surface area contributed by atoms with E-state index in [1.165, 1.54) is 0 Å². The van der Waals surface area contributed by atoms with Crippen molar-refractivity contribution in [2.24, 2.45) is 0 Å². The summed E-state index contributed by atoms with van der Waals surface area (Å²) >= 11 is 0. The first-order valence-electron chi connectivity index (χ1n) is 8.70. The topological polar surface area (TPSA) is 61.8 Å². The number of aromatic hydroxyl groups is 1. The van der Waals surface area contributed by atoms with Crippen LogP contribution in [-0.4, -0.2) is 43.2 Å². The van der Waals surface area contributed by atoms with Crippen LogP contribution in [-0.2, 0) is 5.41 Å². The molecule has 2 aromatic carbocycles. The van der Waals surface area contributed by atoms with Crippen LogP contribution < -0.4 is 10.1 Å². The summed E-state index contributed by atoms with van der Waals surface area (Å²) in [4.78, 5) is 14.7. The van der Waals surface area contributed by atoms with E-state index < -0.39 is 0 Å². The van der Waals surface area contributed by atoms with Crippen LogP contribution in [0.25, 0.3) is 0 Å². The van der Waals surface area contributed by atoms with Crippen molar-refractivity contribution in [3.63, 3.8) is 0 Å². The fourth-order valence-electron chi connectivity index (χ4n) is 2.41. The second kappa shape index (κ2) is 8.23. The van der Waals surface area contributed by atoms with E-state index in [2.05, 4.69) is 26.1 Å². The number of carbonyl (C=O) groups excluding carboxylic acids is 1. The van der Waals surface area contributed by atoms with E-state index in [4.69, 9.17) is 4.74 Å². The lowest BCUT2D eigenvalue weighted by molar-refractivity contribution is 0.102. The Bertz CT molecular complexity index is 764. The smallest absolute Gasteiger partial charge is 0.259 e. The summed E-state index contributed by atoms with van der Waals surface area (Å²) in [7, 11) is 3.93. The Morgan fingerprint density at radius 1 is 1.15 bits per heavy atom. The Hall–Kier alpha value is -2.53. The van der Waals surface area contributed by atoms with Crippen LogP contribution in [0.1, 0.15) is 36.7 Å². The predicted molar refractivity (Wildman–Crippen MR) is 105 cm³/mol. The number of rotatable bonds is 6. The summed E-state index contributed by atoms with van der Waals surface area (Å²) in [5.41, 5.74) is 1.78. The van der Waals surface area contributed by atoms with E-state index >= 15 is 0 Å². The molecule has 0 aliphatic rings. The SMILES string of the molecule is CN(C)CCOc1ccccc1C(=O)Nc1cc(C(C)(C)C)ccc1O. The van der Waals surface area contributed by atoms with Gasteiger partial charge in [0.1, 0.15) is 18.1 Å². The van der Waals surface area contributed by atoms with Gasteiger partial charge in [0.15, 0.2) is 0 Å². The minimum absolute atomic E-state index is 0.0392. The molecule has 0 saturated carbocycles. The third-order valence-corrected chi connectivity index (χ3v) is 4.04. The number of benzene rings is 2. The number of para-hydroxylation sites is 1. The number of phenolic OH excluding ortho intramolecular Hbond substituents is 1. The van der Waals surface area contributed by atoms with Gasteiger partial charge < -0.3 is 20.1 Å². The quantitative estimate of drug-likeness (QED) is 0.771. The summed E-state index contributed by atoms with van der Waals surface area (Å²) in [6, 6.07) is 12.4. The van der Waals surface area contributed by atoms with Gasteiger partial charge in [0.05, 0.1) is 11.3 Å². The van der Waals surface area contributed by atoms with Crippen LogP contribution in [0.3, 0.4) is 0 Å². The fourth-order valence-corrected chi connectivity index (χ4v) is 2.41. The van der Waals surface area contributed by atoms with E-state index in [1.807, 2.05) is 37.2 Å². The maximum absolute atomic E-state index is 12.7. The molecule has 0 aromatic heterocycles. The lowest BCUT2D eigenvalue weighted by Crippen LogP contribution is -2.21. The van der Waals surface area contributed by atoms with Crippen molar-refractivity contribution >= 4 is 11.6 Å². The van der Waals surface area contributed by atoms with Crippen molar-refractivity contribution in [1.29, 1.82) is 0 Å². The van der Waals surface area contributed by atoms with Gasteiger partial charge in [-0.1, -0.05) is 39.0 Å². The minimum Gasteiger partial charge on any atom is -0.506 e. The molecule has 0 aliphatic heterocycles. The molecule has 2 N–H and O–H groups in total. The molecular weight excluding hydrogens is 328 g/mol. The lowest BCUT2D eigenvalue weighted by Gasteiger charge is -2.20. The molecule has 5 nitrogen and oxygen atoms in total. The van der Waals surface area contributed by atoms with E-state index in [0.29, 0.717) is 23.6 Å². The number of hydrogen-bond acceptors (Lipinski definition) is 4. The van der Waals surface area contributed by atoms with Crippen LogP contribution in [0.15, 0.2) is 42.5 Å². The first-order valence-corrected chi connectivity index (χ1v) is 8.70. The number of nitrogens with one attached hydrogen (secondary N) is 1. The average Bonchev–Trinajstić information content (AvgIpc) is 2.56. The van der Waals surface area contributed by atoms with Gasteiger partial charge in [-0.15, -0.1) is 0 Å². The zero-order valence-corrected chi connectivity index (χ0v) is 16.2. The average molecular weight is 356 g/mol. The minimum atomic E-state index is -0.313. The number of nitrogens with zero attached hydrogens (tertiary/aromatic N) is 1. The number of carbonyl (C=O) groups is 1. The molecule has 2 rings (SSSR count). The highest BCUT2D eigenvalue weighted by Gasteiger charge is 2.18. The molecule has 0 fully saturated rings. The van der Waals surface area contributed by atoms with Crippen molar-refractivity contribution in [2.45, 2.75) is 26.2 Å². The number of phenols is 1. The first-order chi connectivity index (χ1) is 12.2.